The summed E-state index contributed by atoms with van der Waals surface area (Å²) >= 11 is 0. The first-order valence-electron chi connectivity index (χ1n) is 8.98. The fourth-order valence-electron chi connectivity index (χ4n) is 2.92. The lowest BCUT2D eigenvalue weighted by molar-refractivity contribution is -0.116. The molecule has 2 aromatic carbocycles. The largest absolute Gasteiger partial charge is 0.465 e. The summed E-state index contributed by atoms with van der Waals surface area (Å²) in [5.41, 5.74) is 1.67. The van der Waals surface area contributed by atoms with E-state index in [4.69, 9.17) is 9.47 Å². The van der Waals surface area contributed by atoms with Crippen molar-refractivity contribution in [3.63, 3.8) is 0 Å². The molecule has 0 spiro atoms. The van der Waals surface area contributed by atoms with Gasteiger partial charge in [0.2, 0.25) is 12.7 Å². The lowest BCUT2D eigenvalue weighted by Gasteiger charge is -2.09. The molecule has 9 heteroatoms. The fourth-order valence-corrected chi connectivity index (χ4v) is 2.92. The molecule has 1 amide bonds. The van der Waals surface area contributed by atoms with Crippen LogP contribution in [0.25, 0.3) is 11.3 Å². The van der Waals surface area contributed by atoms with Crippen molar-refractivity contribution in [2.45, 2.75) is 6.54 Å². The molecule has 1 aliphatic rings. The Morgan fingerprint density at radius 3 is 2.60 bits per heavy atom. The molecule has 0 unspecified atom stereocenters. The zero-order valence-corrected chi connectivity index (χ0v) is 16.0. The van der Waals surface area contributed by atoms with Crippen molar-refractivity contribution < 1.29 is 23.8 Å². The quantitative estimate of drug-likeness (QED) is 0.645. The highest BCUT2D eigenvalue weighted by Gasteiger charge is 2.15. The number of esters is 1. The standard InChI is InChI=1S/C21H17N3O6/c1-28-21(27)13-2-5-15(6-3-13)23-19(25)10-24-11-22-16(9-20(24)26)14-4-7-17-18(8-14)30-12-29-17/h2-9,11H,10,12H2,1H3,(H,23,25). The number of nitrogens with zero attached hydrogens (tertiary/aromatic N) is 2. The molecule has 1 aromatic heterocycles. The Kier molecular flexibility index (Phi) is 5.17. The van der Waals surface area contributed by atoms with Gasteiger partial charge in [-0.05, 0) is 42.5 Å². The highest BCUT2D eigenvalue weighted by Crippen LogP contribution is 2.35. The Morgan fingerprint density at radius 1 is 1.10 bits per heavy atom. The molecule has 0 radical (unpaired) electrons. The van der Waals surface area contributed by atoms with Crippen LogP contribution in [-0.2, 0) is 16.1 Å². The molecule has 4 rings (SSSR count). The first-order chi connectivity index (χ1) is 14.5. The Labute approximate surface area is 170 Å². The summed E-state index contributed by atoms with van der Waals surface area (Å²) < 4.78 is 16.4. The van der Waals surface area contributed by atoms with Crippen LogP contribution < -0.4 is 20.3 Å². The van der Waals surface area contributed by atoms with Crippen LogP contribution in [0.5, 0.6) is 11.5 Å². The zero-order chi connectivity index (χ0) is 21.1. The maximum atomic E-state index is 12.4. The number of aromatic nitrogens is 2. The predicted molar refractivity (Wildman–Crippen MR) is 106 cm³/mol. The number of methoxy groups -OCH3 is 1. The van der Waals surface area contributed by atoms with Gasteiger partial charge in [0.25, 0.3) is 5.56 Å². The van der Waals surface area contributed by atoms with Gasteiger partial charge in [-0.15, -0.1) is 0 Å². The summed E-state index contributed by atoms with van der Waals surface area (Å²) in [5, 5.41) is 2.67. The SMILES string of the molecule is COC(=O)c1ccc(NC(=O)Cn2cnc(-c3ccc4c(c3)OCO4)cc2=O)cc1. The van der Waals surface area contributed by atoms with Gasteiger partial charge in [0.1, 0.15) is 6.54 Å². The highest BCUT2D eigenvalue weighted by atomic mass is 16.7. The van der Waals surface area contributed by atoms with Gasteiger partial charge in [-0.2, -0.15) is 0 Å². The second-order valence-electron chi connectivity index (χ2n) is 6.43. The number of amides is 1. The minimum absolute atomic E-state index is 0.161. The lowest BCUT2D eigenvalue weighted by atomic mass is 10.1. The van der Waals surface area contributed by atoms with Crippen molar-refractivity contribution in [2.24, 2.45) is 0 Å². The second-order valence-corrected chi connectivity index (χ2v) is 6.43. The first kappa shape index (κ1) is 19.2. The van der Waals surface area contributed by atoms with Crippen LogP contribution in [0.3, 0.4) is 0 Å². The number of anilines is 1. The van der Waals surface area contributed by atoms with Gasteiger partial charge in [0, 0.05) is 17.3 Å². The van der Waals surface area contributed by atoms with Crippen molar-refractivity contribution >= 4 is 17.6 Å². The molecule has 0 fully saturated rings. The van der Waals surface area contributed by atoms with Gasteiger partial charge in [-0.3, -0.25) is 14.2 Å². The van der Waals surface area contributed by atoms with Gasteiger partial charge in [0.15, 0.2) is 11.5 Å². The molecule has 1 N–H and O–H groups in total. The minimum atomic E-state index is -0.465. The van der Waals surface area contributed by atoms with Crippen LogP contribution in [-0.4, -0.2) is 35.3 Å². The maximum absolute atomic E-state index is 12.4. The highest BCUT2D eigenvalue weighted by molar-refractivity contribution is 5.92. The van der Waals surface area contributed by atoms with E-state index < -0.39 is 11.9 Å². The predicted octanol–water partition coefficient (Wildman–Crippen LogP) is 2.06. The van der Waals surface area contributed by atoms with E-state index in [1.54, 1.807) is 30.3 Å². The van der Waals surface area contributed by atoms with Gasteiger partial charge >= 0.3 is 5.97 Å². The molecule has 0 atom stereocenters. The van der Waals surface area contributed by atoms with Crippen LogP contribution in [0.15, 0.2) is 59.7 Å². The number of rotatable bonds is 5. The molecule has 0 aliphatic carbocycles. The van der Waals surface area contributed by atoms with E-state index in [2.05, 4.69) is 15.0 Å². The monoisotopic (exact) mass is 407 g/mol. The van der Waals surface area contributed by atoms with E-state index in [-0.39, 0.29) is 18.9 Å². The van der Waals surface area contributed by atoms with Crippen LogP contribution in [0.2, 0.25) is 0 Å². The molecule has 30 heavy (non-hydrogen) atoms. The number of benzene rings is 2. The number of nitrogens with one attached hydrogen (secondary N) is 1. The summed E-state index contributed by atoms with van der Waals surface area (Å²) in [6.45, 7) is -0.0413. The molecule has 0 saturated carbocycles. The van der Waals surface area contributed by atoms with Crippen molar-refractivity contribution in [1.82, 2.24) is 9.55 Å². The summed E-state index contributed by atoms with van der Waals surface area (Å²) in [7, 11) is 1.29. The summed E-state index contributed by atoms with van der Waals surface area (Å²) in [6.07, 6.45) is 1.32. The van der Waals surface area contributed by atoms with Gasteiger partial charge in [0.05, 0.1) is 24.7 Å². The molecular formula is C21H17N3O6. The smallest absolute Gasteiger partial charge is 0.337 e. The Bertz CT molecular complexity index is 1170. The van der Waals surface area contributed by atoms with Gasteiger partial charge in [-0.25, -0.2) is 9.78 Å². The van der Waals surface area contributed by atoms with Crippen molar-refractivity contribution in [3.05, 3.63) is 70.8 Å². The van der Waals surface area contributed by atoms with Crippen LogP contribution in [0.1, 0.15) is 10.4 Å². The average molecular weight is 407 g/mol. The van der Waals surface area contributed by atoms with Crippen molar-refractivity contribution in [2.75, 3.05) is 19.2 Å². The number of ether oxygens (including phenoxy) is 3. The topological polar surface area (TPSA) is 109 Å². The minimum Gasteiger partial charge on any atom is -0.465 e. The van der Waals surface area contributed by atoms with E-state index in [9.17, 15) is 14.4 Å². The third-order valence-electron chi connectivity index (χ3n) is 4.45. The van der Waals surface area contributed by atoms with Crippen molar-refractivity contribution in [1.29, 1.82) is 0 Å². The molecule has 3 aromatic rings. The second kappa shape index (κ2) is 8.08. The van der Waals surface area contributed by atoms with Crippen LogP contribution in [0.4, 0.5) is 5.69 Å². The third-order valence-corrected chi connectivity index (χ3v) is 4.45. The Morgan fingerprint density at radius 2 is 1.87 bits per heavy atom. The van der Waals surface area contributed by atoms with Crippen molar-refractivity contribution in [3.8, 4) is 22.8 Å². The van der Waals surface area contributed by atoms with E-state index >= 15 is 0 Å². The summed E-state index contributed by atoms with van der Waals surface area (Å²) in [6, 6.07) is 12.9. The molecule has 152 valence electrons. The maximum Gasteiger partial charge on any atom is 0.337 e. The fraction of sp³-hybridized carbons (Fsp3) is 0.143. The first-order valence-corrected chi connectivity index (χ1v) is 8.98. The van der Waals surface area contributed by atoms with E-state index in [1.165, 1.54) is 36.2 Å². The lowest BCUT2D eigenvalue weighted by Crippen LogP contribution is -2.27. The zero-order valence-electron chi connectivity index (χ0n) is 16.0. The van der Waals surface area contributed by atoms with E-state index in [1.807, 2.05) is 0 Å². The van der Waals surface area contributed by atoms with E-state index in [0.29, 0.717) is 34.0 Å². The number of fused-ring (bicyclic) bond motifs is 1. The molecule has 9 nitrogen and oxygen atoms in total. The Balaban J connectivity index is 1.44. The third kappa shape index (κ3) is 4.00. The number of carbonyl (C=O) groups excluding carboxylic acids is 2. The molecule has 0 saturated heterocycles. The number of carbonyl (C=O) groups is 2. The number of hydrogen-bond donors (Lipinski definition) is 1. The molecule has 2 heterocycles. The summed E-state index contributed by atoms with van der Waals surface area (Å²) in [4.78, 5) is 40.4. The van der Waals surface area contributed by atoms with Crippen LogP contribution in [0, 0.1) is 0 Å². The van der Waals surface area contributed by atoms with Crippen LogP contribution >= 0.6 is 0 Å². The van der Waals surface area contributed by atoms with E-state index in [0.717, 1.165) is 0 Å². The van der Waals surface area contributed by atoms with Gasteiger partial charge in [-0.1, -0.05) is 0 Å². The number of hydrogen-bond acceptors (Lipinski definition) is 7. The average Bonchev–Trinajstić information content (AvgIpc) is 3.23. The molecular weight excluding hydrogens is 390 g/mol. The summed E-state index contributed by atoms with van der Waals surface area (Å²) in [5.74, 6) is 0.369. The molecule has 1 aliphatic heterocycles. The molecule has 0 bridgehead atoms. The Hall–Kier alpha value is -4.14. The van der Waals surface area contributed by atoms with Gasteiger partial charge < -0.3 is 19.5 Å². The normalized spacial score (nSPS) is 11.8.